The number of aromatic nitrogens is 2. The summed E-state index contributed by atoms with van der Waals surface area (Å²) in [6.07, 6.45) is 0.914. The molecule has 2 aromatic rings. The predicted molar refractivity (Wildman–Crippen MR) is 97.9 cm³/mol. The summed E-state index contributed by atoms with van der Waals surface area (Å²) in [7, 11) is 0. The zero-order valence-corrected chi connectivity index (χ0v) is 16.0. The number of nitrogens with zero attached hydrogens (tertiary/aromatic N) is 2. The first-order chi connectivity index (χ1) is 9.79. The first-order valence-electron chi connectivity index (χ1n) is 7.09. The number of aryl methyl sites for hydroxylation is 3. The second-order valence-corrected chi connectivity index (χ2v) is 7.38. The fourth-order valence-corrected chi connectivity index (χ4v) is 2.96. The molecule has 1 aromatic carbocycles. The van der Waals surface area contributed by atoms with E-state index in [4.69, 9.17) is 16.6 Å². The third kappa shape index (κ3) is 3.75. The molecule has 0 bridgehead atoms. The monoisotopic (exact) mass is 414 g/mol. The zero-order chi connectivity index (χ0) is 15.7. The Hall–Kier alpha value is -0.680. The Balaban J connectivity index is 2.59. The fourth-order valence-electron chi connectivity index (χ4n) is 2.31. The molecule has 0 spiro atoms. The largest absolute Gasteiger partial charge is 0.232 e. The molecule has 21 heavy (non-hydrogen) atoms. The minimum absolute atomic E-state index is 0.540. The van der Waals surface area contributed by atoms with Crippen LogP contribution in [0.25, 0.3) is 11.4 Å². The molecule has 0 N–H and O–H groups in total. The summed E-state index contributed by atoms with van der Waals surface area (Å²) in [5.74, 6) is 1.27. The van der Waals surface area contributed by atoms with Crippen LogP contribution in [-0.4, -0.2) is 9.97 Å². The first kappa shape index (κ1) is 16.7. The van der Waals surface area contributed by atoms with Crippen molar-refractivity contribution in [3.63, 3.8) is 0 Å². The molecule has 0 unspecified atom stereocenters. The van der Waals surface area contributed by atoms with Crippen LogP contribution in [0.4, 0.5) is 0 Å². The van der Waals surface area contributed by atoms with E-state index in [9.17, 15) is 0 Å². The van der Waals surface area contributed by atoms with Crippen molar-refractivity contribution in [2.45, 2.75) is 41.0 Å². The van der Waals surface area contributed by atoms with E-state index < -0.39 is 0 Å². The Morgan fingerprint density at radius 2 is 1.67 bits per heavy atom. The Labute approximate surface area is 145 Å². The fraction of sp³-hybridized carbons (Fsp3) is 0.412. The van der Waals surface area contributed by atoms with E-state index in [2.05, 4.69) is 74.3 Å². The molecule has 2 nitrogen and oxygen atoms in total. The van der Waals surface area contributed by atoms with Gasteiger partial charge in [-0.2, -0.15) is 0 Å². The lowest BCUT2D eigenvalue weighted by molar-refractivity contribution is 0.632. The average Bonchev–Trinajstić information content (AvgIpc) is 2.38. The van der Waals surface area contributed by atoms with E-state index in [-0.39, 0.29) is 0 Å². The Morgan fingerprint density at radius 1 is 1.05 bits per heavy atom. The predicted octanol–water partition coefficient (Wildman–Crippen LogP) is 5.53. The van der Waals surface area contributed by atoms with Crippen LogP contribution in [0.2, 0.25) is 5.15 Å². The number of hydrogen-bond donors (Lipinski definition) is 0. The Kier molecular flexibility index (Phi) is 5.25. The molecule has 1 aromatic heterocycles. The number of halogens is 2. The summed E-state index contributed by atoms with van der Waals surface area (Å²) >= 11 is 8.56. The van der Waals surface area contributed by atoms with Gasteiger partial charge in [0.25, 0.3) is 0 Å². The van der Waals surface area contributed by atoms with Gasteiger partial charge in [-0.3, -0.25) is 0 Å². The molecule has 0 fully saturated rings. The van der Waals surface area contributed by atoms with Crippen LogP contribution in [0.3, 0.4) is 0 Å². The van der Waals surface area contributed by atoms with Crippen molar-refractivity contribution in [2.24, 2.45) is 5.92 Å². The number of rotatable bonds is 3. The Morgan fingerprint density at radius 3 is 2.29 bits per heavy atom. The lowest BCUT2D eigenvalue weighted by Gasteiger charge is -2.13. The van der Waals surface area contributed by atoms with Gasteiger partial charge in [-0.1, -0.05) is 31.5 Å². The molecule has 4 heteroatoms. The maximum absolute atomic E-state index is 6.32. The van der Waals surface area contributed by atoms with E-state index >= 15 is 0 Å². The highest BCUT2D eigenvalue weighted by Gasteiger charge is 2.15. The molecule has 112 valence electrons. The van der Waals surface area contributed by atoms with Gasteiger partial charge < -0.3 is 0 Å². The molecule has 1 heterocycles. The van der Waals surface area contributed by atoms with E-state index in [1.54, 1.807) is 0 Å². The summed E-state index contributed by atoms with van der Waals surface area (Å²) in [5.41, 5.74) is 5.83. The highest BCUT2D eigenvalue weighted by atomic mass is 127. The van der Waals surface area contributed by atoms with Crippen LogP contribution in [0, 0.1) is 30.3 Å². The number of hydrogen-bond acceptors (Lipinski definition) is 2. The van der Waals surface area contributed by atoms with Crippen molar-refractivity contribution in [1.82, 2.24) is 9.97 Å². The second kappa shape index (κ2) is 6.61. The number of benzene rings is 1. The Bertz CT molecular complexity index is 681. The third-order valence-corrected chi connectivity index (χ3v) is 5.29. The first-order valence-corrected chi connectivity index (χ1v) is 8.55. The topological polar surface area (TPSA) is 25.8 Å². The van der Waals surface area contributed by atoms with Crippen LogP contribution < -0.4 is 0 Å². The maximum atomic E-state index is 6.32. The van der Waals surface area contributed by atoms with Gasteiger partial charge >= 0.3 is 0 Å². The van der Waals surface area contributed by atoms with Gasteiger partial charge in [-0.15, -0.1) is 0 Å². The van der Waals surface area contributed by atoms with Crippen molar-refractivity contribution < 1.29 is 0 Å². The quantitative estimate of drug-likeness (QED) is 0.488. The summed E-state index contributed by atoms with van der Waals surface area (Å²) in [6, 6.07) is 4.34. The van der Waals surface area contributed by atoms with Crippen LogP contribution in [-0.2, 0) is 6.42 Å². The van der Waals surface area contributed by atoms with Gasteiger partial charge in [-0.25, -0.2) is 9.97 Å². The van der Waals surface area contributed by atoms with Crippen LogP contribution in [0.15, 0.2) is 12.1 Å². The molecule has 2 rings (SSSR count). The third-order valence-electron chi connectivity index (χ3n) is 3.56. The average molecular weight is 415 g/mol. The van der Waals surface area contributed by atoms with Crippen molar-refractivity contribution in [2.75, 3.05) is 0 Å². The molecule has 0 atom stereocenters. The molecule has 0 aliphatic heterocycles. The lowest BCUT2D eigenvalue weighted by atomic mass is 10.00. The molecule has 0 radical (unpaired) electrons. The standard InChI is InChI=1S/C17H20ClIN2/c1-9(2)6-14-15(19)16(18)21-17(20-14)13-8-11(4)10(3)7-12(13)5/h7-9H,6H2,1-5H3. The van der Waals surface area contributed by atoms with Crippen molar-refractivity contribution >= 4 is 34.2 Å². The van der Waals surface area contributed by atoms with Crippen LogP contribution in [0.1, 0.15) is 36.2 Å². The van der Waals surface area contributed by atoms with E-state index in [1.807, 2.05) is 0 Å². The maximum Gasteiger partial charge on any atom is 0.161 e. The van der Waals surface area contributed by atoms with Crippen molar-refractivity contribution in [3.8, 4) is 11.4 Å². The smallest absolute Gasteiger partial charge is 0.161 e. The van der Waals surface area contributed by atoms with Gasteiger partial charge in [-0.05, 0) is 78.5 Å². The summed E-state index contributed by atoms with van der Waals surface area (Å²) in [6.45, 7) is 10.7. The highest BCUT2D eigenvalue weighted by Crippen LogP contribution is 2.28. The minimum atomic E-state index is 0.540. The molecular weight excluding hydrogens is 395 g/mol. The van der Waals surface area contributed by atoms with E-state index in [0.717, 1.165) is 27.1 Å². The van der Waals surface area contributed by atoms with Gasteiger partial charge in [0.15, 0.2) is 5.82 Å². The van der Waals surface area contributed by atoms with Crippen molar-refractivity contribution in [1.29, 1.82) is 0 Å². The summed E-state index contributed by atoms with van der Waals surface area (Å²) < 4.78 is 0.966. The minimum Gasteiger partial charge on any atom is -0.232 e. The van der Waals surface area contributed by atoms with E-state index in [1.165, 1.54) is 16.7 Å². The molecule has 0 aliphatic rings. The van der Waals surface area contributed by atoms with Gasteiger partial charge in [0.05, 0.1) is 9.26 Å². The zero-order valence-electron chi connectivity index (χ0n) is 13.1. The van der Waals surface area contributed by atoms with Gasteiger partial charge in [0.2, 0.25) is 0 Å². The molecule has 0 aliphatic carbocycles. The van der Waals surface area contributed by atoms with Crippen molar-refractivity contribution in [3.05, 3.63) is 43.2 Å². The SMILES string of the molecule is Cc1cc(C)c(-c2nc(Cl)c(I)c(CC(C)C)n2)cc1C. The molecule has 0 amide bonds. The summed E-state index contributed by atoms with van der Waals surface area (Å²) in [5, 5.41) is 0.550. The van der Waals surface area contributed by atoms with E-state index in [0.29, 0.717) is 11.1 Å². The normalized spacial score (nSPS) is 11.2. The highest BCUT2D eigenvalue weighted by molar-refractivity contribution is 14.1. The van der Waals surface area contributed by atoms with Crippen LogP contribution in [0.5, 0.6) is 0 Å². The molecule has 0 saturated carbocycles. The molecular formula is C17H20ClIN2. The lowest BCUT2D eigenvalue weighted by Crippen LogP contribution is -2.05. The van der Waals surface area contributed by atoms with Gasteiger partial charge in [0, 0.05) is 5.56 Å². The second-order valence-electron chi connectivity index (χ2n) is 5.95. The molecule has 0 saturated heterocycles. The van der Waals surface area contributed by atoms with Crippen LogP contribution >= 0.6 is 34.2 Å². The van der Waals surface area contributed by atoms with Gasteiger partial charge in [0.1, 0.15) is 5.15 Å². The summed E-state index contributed by atoms with van der Waals surface area (Å²) in [4.78, 5) is 9.26.